The van der Waals surface area contributed by atoms with Crippen molar-refractivity contribution in [3.8, 4) is 0 Å². The number of amides is 2. The van der Waals surface area contributed by atoms with Gasteiger partial charge in [-0.15, -0.1) is 0 Å². The molecule has 2 amide bonds. The van der Waals surface area contributed by atoms with Crippen LogP contribution in [0.1, 0.15) is 43.9 Å². The van der Waals surface area contributed by atoms with Crippen LogP contribution in [0.3, 0.4) is 0 Å². The van der Waals surface area contributed by atoms with E-state index < -0.39 is 41.2 Å². The van der Waals surface area contributed by atoms with Crippen LogP contribution in [0.5, 0.6) is 0 Å². The van der Waals surface area contributed by atoms with Crippen LogP contribution in [0.4, 0.5) is 4.39 Å². The Morgan fingerprint density at radius 3 is 2.33 bits per heavy atom. The van der Waals surface area contributed by atoms with E-state index >= 15 is 0 Å². The number of rotatable bonds is 5. The van der Waals surface area contributed by atoms with E-state index in [1.807, 2.05) is 37.3 Å². The molecule has 1 aliphatic rings. The number of nitrogens with one attached hydrogen (secondary N) is 1. The summed E-state index contributed by atoms with van der Waals surface area (Å²) in [5.41, 5.74) is 6.36. The van der Waals surface area contributed by atoms with Crippen molar-refractivity contribution in [1.82, 2.24) is 10.2 Å². The van der Waals surface area contributed by atoms with Gasteiger partial charge in [-0.25, -0.2) is 4.39 Å². The summed E-state index contributed by atoms with van der Waals surface area (Å²) in [6.45, 7) is 5.08. The number of aliphatic hydroxyl groups is 1. The third-order valence-electron chi connectivity index (χ3n) is 5.50. The summed E-state index contributed by atoms with van der Waals surface area (Å²) in [5.74, 6) is -1.81. The minimum atomic E-state index is -1.21. The summed E-state index contributed by atoms with van der Waals surface area (Å²) in [4.78, 5) is 27.4. The molecule has 2 aromatic carbocycles. The summed E-state index contributed by atoms with van der Waals surface area (Å²) >= 11 is 0. The number of benzene rings is 2. The number of nitrogens with zero attached hydrogens (tertiary/aromatic N) is 1. The van der Waals surface area contributed by atoms with Crippen LogP contribution in [0.2, 0.25) is 0 Å². The fraction of sp³-hybridized carbons (Fsp3) is 0.391. The Hall–Kier alpha value is -2.77. The first-order valence-electron chi connectivity index (χ1n) is 9.98. The largest absolute Gasteiger partial charge is 0.390 e. The van der Waals surface area contributed by atoms with E-state index in [1.54, 1.807) is 26.0 Å². The van der Waals surface area contributed by atoms with Crippen LogP contribution < -0.4 is 11.1 Å². The van der Waals surface area contributed by atoms with Gasteiger partial charge in [-0.3, -0.25) is 9.59 Å². The van der Waals surface area contributed by atoms with Crippen molar-refractivity contribution in [2.24, 2.45) is 5.73 Å². The predicted octanol–water partition coefficient (Wildman–Crippen LogP) is 2.10. The fourth-order valence-electron chi connectivity index (χ4n) is 3.85. The lowest BCUT2D eigenvalue weighted by Gasteiger charge is -2.31. The number of hydrogen-bond donors (Lipinski definition) is 3. The zero-order valence-electron chi connectivity index (χ0n) is 17.4. The van der Waals surface area contributed by atoms with Crippen LogP contribution in [-0.4, -0.2) is 46.1 Å². The van der Waals surface area contributed by atoms with Gasteiger partial charge in [0.25, 0.3) is 0 Å². The Morgan fingerprint density at radius 2 is 1.77 bits per heavy atom. The van der Waals surface area contributed by atoms with Gasteiger partial charge in [0, 0.05) is 12.5 Å². The minimum absolute atomic E-state index is 0.115. The number of nitrogens with two attached hydrogens (primary N) is 1. The molecular formula is C23H28FN3O3. The maximum absolute atomic E-state index is 13.3. The second-order valence-corrected chi connectivity index (χ2v) is 8.41. The van der Waals surface area contributed by atoms with Crippen molar-refractivity contribution < 1.29 is 19.1 Å². The lowest BCUT2D eigenvalue weighted by Crippen LogP contribution is -2.57. The van der Waals surface area contributed by atoms with Crippen molar-refractivity contribution in [3.63, 3.8) is 0 Å². The van der Waals surface area contributed by atoms with E-state index in [0.717, 1.165) is 5.56 Å². The average molecular weight is 413 g/mol. The summed E-state index contributed by atoms with van der Waals surface area (Å²) in [7, 11) is 0. The Balaban J connectivity index is 1.88. The SMILES string of the molecule is CC(NC(=O)[C@@H]1[C@H](O)[C@@H](c2ccc(F)cc2)CN1C(=O)C(C)(C)N)c1ccccc1. The van der Waals surface area contributed by atoms with Gasteiger partial charge in [0.1, 0.15) is 11.9 Å². The molecule has 7 heteroatoms. The number of hydrogen-bond acceptors (Lipinski definition) is 4. The van der Waals surface area contributed by atoms with Crippen molar-refractivity contribution in [2.75, 3.05) is 6.54 Å². The highest BCUT2D eigenvalue weighted by atomic mass is 19.1. The molecule has 0 saturated carbocycles. The number of carbonyl (C=O) groups excluding carboxylic acids is 2. The van der Waals surface area contributed by atoms with E-state index in [9.17, 15) is 19.1 Å². The van der Waals surface area contributed by atoms with Crippen molar-refractivity contribution >= 4 is 11.8 Å². The third-order valence-corrected chi connectivity index (χ3v) is 5.50. The topological polar surface area (TPSA) is 95.7 Å². The van der Waals surface area contributed by atoms with Gasteiger partial charge in [-0.05, 0) is 44.0 Å². The lowest BCUT2D eigenvalue weighted by molar-refractivity contribution is -0.143. The molecule has 0 radical (unpaired) electrons. The van der Waals surface area contributed by atoms with Crippen molar-refractivity contribution in [2.45, 2.75) is 50.4 Å². The molecule has 1 unspecified atom stereocenters. The Morgan fingerprint density at radius 1 is 1.17 bits per heavy atom. The van der Waals surface area contributed by atoms with Crippen LogP contribution in [0.15, 0.2) is 54.6 Å². The molecule has 2 aromatic rings. The predicted molar refractivity (Wildman–Crippen MR) is 112 cm³/mol. The van der Waals surface area contributed by atoms with Gasteiger partial charge in [0.15, 0.2) is 0 Å². The van der Waals surface area contributed by atoms with Gasteiger partial charge >= 0.3 is 0 Å². The maximum Gasteiger partial charge on any atom is 0.245 e. The highest BCUT2D eigenvalue weighted by molar-refractivity contribution is 5.93. The zero-order valence-corrected chi connectivity index (χ0v) is 17.4. The smallest absolute Gasteiger partial charge is 0.245 e. The molecule has 30 heavy (non-hydrogen) atoms. The fourth-order valence-corrected chi connectivity index (χ4v) is 3.85. The first kappa shape index (κ1) is 21.9. The molecule has 1 aliphatic heterocycles. The summed E-state index contributed by atoms with van der Waals surface area (Å²) in [6.07, 6.45) is -1.15. The molecule has 0 aromatic heterocycles. The molecule has 0 spiro atoms. The van der Waals surface area contributed by atoms with Crippen molar-refractivity contribution in [3.05, 3.63) is 71.5 Å². The summed E-state index contributed by atoms with van der Waals surface area (Å²) < 4.78 is 13.3. The molecule has 160 valence electrons. The highest BCUT2D eigenvalue weighted by Gasteiger charge is 2.49. The third kappa shape index (κ3) is 4.52. The number of halogens is 1. The van der Waals surface area contributed by atoms with Crippen LogP contribution in [0.25, 0.3) is 0 Å². The molecule has 4 atom stereocenters. The second-order valence-electron chi connectivity index (χ2n) is 8.41. The second kappa shape index (κ2) is 8.53. The van der Waals surface area contributed by atoms with E-state index in [4.69, 9.17) is 5.73 Å². The molecule has 4 N–H and O–H groups in total. The zero-order chi connectivity index (χ0) is 22.1. The monoisotopic (exact) mass is 413 g/mol. The van der Waals surface area contributed by atoms with Crippen LogP contribution >= 0.6 is 0 Å². The summed E-state index contributed by atoms with van der Waals surface area (Å²) in [5, 5.41) is 13.9. The number of likely N-dealkylation sites (tertiary alicyclic amines) is 1. The van der Waals surface area contributed by atoms with Gasteiger partial charge in [-0.1, -0.05) is 42.5 Å². The molecule has 1 saturated heterocycles. The highest BCUT2D eigenvalue weighted by Crippen LogP contribution is 2.34. The van der Waals surface area contributed by atoms with Crippen LogP contribution in [0, 0.1) is 5.82 Å². The van der Waals surface area contributed by atoms with E-state index in [1.165, 1.54) is 17.0 Å². The van der Waals surface area contributed by atoms with Crippen molar-refractivity contribution in [1.29, 1.82) is 0 Å². The quantitative estimate of drug-likeness (QED) is 0.700. The summed E-state index contributed by atoms with van der Waals surface area (Å²) in [6, 6.07) is 13.7. The maximum atomic E-state index is 13.3. The van der Waals surface area contributed by atoms with Gasteiger partial charge in [0.2, 0.25) is 11.8 Å². The van der Waals surface area contributed by atoms with E-state index in [0.29, 0.717) is 5.56 Å². The molecule has 6 nitrogen and oxygen atoms in total. The normalized spacial score (nSPS) is 22.6. The number of aliphatic hydroxyl groups excluding tert-OH is 1. The molecule has 0 bridgehead atoms. The lowest BCUT2D eigenvalue weighted by atomic mass is 9.93. The molecule has 0 aliphatic carbocycles. The molecular weight excluding hydrogens is 385 g/mol. The van der Waals surface area contributed by atoms with Crippen LogP contribution in [-0.2, 0) is 9.59 Å². The first-order valence-corrected chi connectivity index (χ1v) is 9.98. The van der Waals surface area contributed by atoms with Gasteiger partial charge in [-0.2, -0.15) is 0 Å². The minimum Gasteiger partial charge on any atom is -0.390 e. The van der Waals surface area contributed by atoms with Gasteiger partial charge in [0.05, 0.1) is 17.7 Å². The van der Waals surface area contributed by atoms with Gasteiger partial charge < -0.3 is 21.1 Å². The first-order chi connectivity index (χ1) is 14.1. The Labute approximate surface area is 175 Å². The molecule has 1 heterocycles. The molecule has 1 fully saturated rings. The Bertz CT molecular complexity index is 896. The standard InChI is InChI=1S/C23H28FN3O3/c1-14(15-7-5-4-6-8-15)26-21(29)19-20(28)18(16-9-11-17(24)12-10-16)13-27(19)22(30)23(2,3)25/h4-12,14,18-20,28H,13,25H2,1-3H3,(H,26,29)/t14?,18-,19+,20-/m1/s1. The van der Waals surface area contributed by atoms with E-state index in [2.05, 4.69) is 5.32 Å². The number of carbonyl (C=O) groups is 2. The average Bonchev–Trinajstić information content (AvgIpc) is 3.05. The molecule has 3 rings (SSSR count). The Kier molecular flexibility index (Phi) is 6.24. The van der Waals surface area contributed by atoms with E-state index in [-0.39, 0.29) is 12.6 Å².